The Balaban J connectivity index is 1.71. The molecule has 1 heterocycles. The van der Waals surface area contributed by atoms with Gasteiger partial charge in [0.25, 0.3) is 0 Å². The minimum atomic E-state index is -3.26. The van der Waals surface area contributed by atoms with Gasteiger partial charge < -0.3 is 5.32 Å². The van der Waals surface area contributed by atoms with E-state index < -0.39 is 10.0 Å². The van der Waals surface area contributed by atoms with Crippen molar-refractivity contribution in [1.29, 1.82) is 0 Å². The van der Waals surface area contributed by atoms with Crippen molar-refractivity contribution < 1.29 is 8.42 Å². The first-order chi connectivity index (χ1) is 13.0. The van der Waals surface area contributed by atoms with Crippen LogP contribution < -0.4 is 10.0 Å². The number of rotatable bonds is 8. The number of sulfonamides is 1. The molecule has 1 aliphatic heterocycles. The molecule has 0 saturated carbocycles. The van der Waals surface area contributed by atoms with Crippen molar-refractivity contribution in [1.82, 2.24) is 14.9 Å². The van der Waals surface area contributed by atoms with Crippen LogP contribution in [-0.4, -0.2) is 57.8 Å². The lowest BCUT2D eigenvalue weighted by Gasteiger charge is -2.38. The smallest absolute Gasteiger partial charge is 0.209 e. The average molecular weight is 388 g/mol. The van der Waals surface area contributed by atoms with Gasteiger partial charge in [-0.15, -0.1) is 0 Å². The van der Waals surface area contributed by atoms with Gasteiger partial charge in [0.1, 0.15) is 0 Å². The molecule has 0 aromatic heterocycles. The average Bonchev–Trinajstić information content (AvgIpc) is 2.64. The molecular formula is C21H29N3O2S. The summed E-state index contributed by atoms with van der Waals surface area (Å²) in [6.45, 7) is 3.49. The van der Waals surface area contributed by atoms with E-state index in [1.165, 1.54) is 11.8 Å². The standard InChI is InChI=1S/C21H29N3O2S/c1-27(25,26)23-20(14-18-8-4-2-5-9-18)17-24-13-12-22-16-21(24)15-19-10-6-3-7-11-19/h2-11,20-23H,12-17H2,1H3/t20-,21-/m0/s1. The van der Waals surface area contributed by atoms with Gasteiger partial charge in [-0.1, -0.05) is 60.7 Å². The second kappa shape index (κ2) is 9.46. The van der Waals surface area contributed by atoms with Gasteiger partial charge in [0.05, 0.1) is 6.26 Å². The van der Waals surface area contributed by atoms with Gasteiger partial charge >= 0.3 is 0 Å². The van der Waals surface area contributed by atoms with E-state index in [9.17, 15) is 8.42 Å². The lowest BCUT2D eigenvalue weighted by atomic mass is 10.0. The van der Waals surface area contributed by atoms with Crippen molar-refractivity contribution in [3.63, 3.8) is 0 Å². The maximum atomic E-state index is 11.9. The van der Waals surface area contributed by atoms with E-state index in [1.54, 1.807) is 0 Å². The van der Waals surface area contributed by atoms with Crippen LogP contribution in [0, 0.1) is 0 Å². The highest BCUT2D eigenvalue weighted by atomic mass is 32.2. The zero-order valence-electron chi connectivity index (χ0n) is 15.8. The van der Waals surface area contributed by atoms with Gasteiger partial charge in [-0.2, -0.15) is 0 Å². The monoisotopic (exact) mass is 387 g/mol. The van der Waals surface area contributed by atoms with Gasteiger partial charge in [-0.25, -0.2) is 13.1 Å². The molecule has 0 radical (unpaired) electrons. The minimum absolute atomic E-state index is 0.140. The van der Waals surface area contributed by atoms with E-state index in [2.05, 4.69) is 51.3 Å². The first kappa shape index (κ1) is 20.0. The summed E-state index contributed by atoms with van der Waals surface area (Å²) < 4.78 is 26.7. The van der Waals surface area contributed by atoms with Crippen molar-refractivity contribution in [2.75, 3.05) is 32.4 Å². The highest BCUT2D eigenvalue weighted by molar-refractivity contribution is 7.88. The molecule has 0 amide bonds. The number of benzene rings is 2. The highest BCUT2D eigenvalue weighted by Gasteiger charge is 2.26. The van der Waals surface area contributed by atoms with Crippen LogP contribution in [0.4, 0.5) is 0 Å². The van der Waals surface area contributed by atoms with E-state index in [-0.39, 0.29) is 6.04 Å². The zero-order chi connectivity index (χ0) is 19.1. The maximum Gasteiger partial charge on any atom is 0.209 e. The van der Waals surface area contributed by atoms with E-state index in [0.717, 1.165) is 31.6 Å². The Bertz CT molecular complexity index is 797. The zero-order valence-corrected chi connectivity index (χ0v) is 16.7. The Morgan fingerprint density at radius 1 is 1.07 bits per heavy atom. The van der Waals surface area contributed by atoms with E-state index in [1.807, 2.05) is 24.3 Å². The summed E-state index contributed by atoms with van der Waals surface area (Å²) in [4.78, 5) is 2.43. The van der Waals surface area contributed by atoms with Gasteiger partial charge in [0.15, 0.2) is 0 Å². The second-order valence-corrected chi connectivity index (χ2v) is 9.10. The predicted octanol–water partition coefficient (Wildman–Crippen LogP) is 1.66. The van der Waals surface area contributed by atoms with Crippen molar-refractivity contribution in [2.24, 2.45) is 0 Å². The van der Waals surface area contributed by atoms with E-state index in [0.29, 0.717) is 19.0 Å². The van der Waals surface area contributed by atoms with Crippen LogP contribution in [-0.2, 0) is 22.9 Å². The Hall–Kier alpha value is -1.73. The summed E-state index contributed by atoms with van der Waals surface area (Å²) in [7, 11) is -3.26. The molecule has 0 unspecified atom stereocenters. The molecule has 0 aliphatic carbocycles. The molecule has 0 bridgehead atoms. The first-order valence-electron chi connectivity index (χ1n) is 9.49. The molecule has 0 spiro atoms. The van der Waals surface area contributed by atoms with Gasteiger partial charge in [0.2, 0.25) is 10.0 Å². The van der Waals surface area contributed by atoms with Crippen molar-refractivity contribution >= 4 is 10.0 Å². The normalized spacial score (nSPS) is 19.7. The molecule has 2 atom stereocenters. The molecule has 6 heteroatoms. The Labute approximate surface area is 162 Å². The first-order valence-corrected chi connectivity index (χ1v) is 11.4. The topological polar surface area (TPSA) is 61.4 Å². The van der Waals surface area contributed by atoms with Crippen molar-refractivity contribution in [2.45, 2.75) is 24.9 Å². The summed E-state index contributed by atoms with van der Waals surface area (Å²) >= 11 is 0. The number of nitrogens with zero attached hydrogens (tertiary/aromatic N) is 1. The van der Waals surface area contributed by atoms with E-state index in [4.69, 9.17) is 0 Å². The SMILES string of the molecule is CS(=O)(=O)N[C@@H](Cc1ccccc1)CN1CCNC[C@@H]1Cc1ccccc1. The third kappa shape index (κ3) is 6.74. The molecule has 5 nitrogen and oxygen atoms in total. The molecule has 1 saturated heterocycles. The molecule has 2 aromatic carbocycles. The number of hydrogen-bond acceptors (Lipinski definition) is 4. The fourth-order valence-corrected chi connectivity index (χ4v) is 4.52. The summed E-state index contributed by atoms with van der Waals surface area (Å²) in [5, 5.41) is 3.48. The summed E-state index contributed by atoms with van der Waals surface area (Å²) in [5.41, 5.74) is 2.46. The Morgan fingerprint density at radius 2 is 1.70 bits per heavy atom. The van der Waals surface area contributed by atoms with Crippen molar-refractivity contribution in [3.05, 3.63) is 71.8 Å². The lowest BCUT2D eigenvalue weighted by molar-refractivity contribution is 0.148. The molecule has 1 aliphatic rings. The Morgan fingerprint density at radius 3 is 2.33 bits per heavy atom. The lowest BCUT2D eigenvalue weighted by Crippen LogP contribution is -2.56. The van der Waals surface area contributed by atoms with Crippen LogP contribution in [0.15, 0.2) is 60.7 Å². The molecule has 27 heavy (non-hydrogen) atoms. The van der Waals surface area contributed by atoms with Crippen molar-refractivity contribution in [3.8, 4) is 0 Å². The van der Waals surface area contributed by atoms with Crippen LogP contribution in [0.3, 0.4) is 0 Å². The molecule has 3 rings (SSSR count). The van der Waals surface area contributed by atoms with Gasteiger partial charge in [-0.3, -0.25) is 4.90 Å². The Kier molecular flexibility index (Phi) is 7.01. The summed E-state index contributed by atoms with van der Waals surface area (Å²) in [5.74, 6) is 0. The molecule has 146 valence electrons. The quantitative estimate of drug-likeness (QED) is 0.723. The van der Waals surface area contributed by atoms with Gasteiger partial charge in [-0.05, 0) is 24.0 Å². The number of piperazine rings is 1. The number of nitrogens with one attached hydrogen (secondary N) is 2. The molecule has 2 aromatic rings. The second-order valence-electron chi connectivity index (χ2n) is 7.32. The summed E-state index contributed by atoms with van der Waals surface area (Å²) in [6.07, 6.45) is 2.89. The molecule has 1 fully saturated rings. The summed E-state index contributed by atoms with van der Waals surface area (Å²) in [6, 6.07) is 20.8. The highest BCUT2D eigenvalue weighted by Crippen LogP contribution is 2.14. The minimum Gasteiger partial charge on any atom is -0.314 e. The third-order valence-electron chi connectivity index (χ3n) is 4.95. The van der Waals surface area contributed by atoms with Crippen LogP contribution in [0.5, 0.6) is 0 Å². The number of hydrogen-bond donors (Lipinski definition) is 2. The molecular weight excluding hydrogens is 358 g/mol. The van der Waals surface area contributed by atoms with E-state index >= 15 is 0 Å². The molecule has 2 N–H and O–H groups in total. The van der Waals surface area contributed by atoms with Crippen LogP contribution in [0.2, 0.25) is 0 Å². The predicted molar refractivity (Wildman–Crippen MR) is 110 cm³/mol. The van der Waals surface area contributed by atoms with Gasteiger partial charge in [0, 0.05) is 38.3 Å². The third-order valence-corrected chi connectivity index (χ3v) is 5.71. The maximum absolute atomic E-state index is 11.9. The van der Waals surface area contributed by atoms with Crippen LogP contribution in [0.1, 0.15) is 11.1 Å². The fourth-order valence-electron chi connectivity index (χ4n) is 3.76. The van der Waals surface area contributed by atoms with Crippen LogP contribution >= 0.6 is 0 Å². The van der Waals surface area contributed by atoms with Crippen LogP contribution in [0.25, 0.3) is 0 Å². The largest absolute Gasteiger partial charge is 0.314 e. The fraction of sp³-hybridized carbons (Fsp3) is 0.429.